The van der Waals surface area contributed by atoms with E-state index in [-0.39, 0.29) is 11.7 Å². The lowest BCUT2D eigenvalue weighted by molar-refractivity contribution is -0.121. The number of oxime groups is 1. The highest BCUT2D eigenvalue weighted by atomic mass is 16.4. The molecule has 0 unspecified atom stereocenters. The van der Waals surface area contributed by atoms with E-state index in [2.05, 4.69) is 10.5 Å². The number of rotatable bonds is 4. The van der Waals surface area contributed by atoms with Crippen LogP contribution in [0.5, 0.6) is 0 Å². The molecule has 1 aromatic rings. The van der Waals surface area contributed by atoms with Crippen molar-refractivity contribution >= 4 is 11.7 Å². The van der Waals surface area contributed by atoms with Crippen LogP contribution in [0.1, 0.15) is 43.2 Å². The topological polar surface area (TPSA) is 87.7 Å². The molecule has 108 valence electrons. The largest absolute Gasteiger partial charge is 0.409 e. The number of hydrogen-bond donors (Lipinski definition) is 3. The third-order valence-corrected chi connectivity index (χ3v) is 3.69. The maximum Gasteiger partial charge on any atom is 0.224 e. The average Bonchev–Trinajstić information content (AvgIpc) is 2.48. The highest BCUT2D eigenvalue weighted by Gasteiger charge is 2.15. The number of nitrogens with one attached hydrogen (secondary N) is 1. The van der Waals surface area contributed by atoms with E-state index < -0.39 is 0 Å². The lowest BCUT2D eigenvalue weighted by Gasteiger charge is -2.22. The lowest BCUT2D eigenvalue weighted by Crippen LogP contribution is -2.37. The first-order chi connectivity index (χ1) is 9.69. The Bertz CT molecular complexity index is 476. The zero-order valence-corrected chi connectivity index (χ0v) is 11.5. The molecule has 0 aliphatic heterocycles. The van der Waals surface area contributed by atoms with E-state index in [4.69, 9.17) is 10.9 Å². The van der Waals surface area contributed by atoms with Crippen molar-refractivity contribution in [3.63, 3.8) is 0 Å². The summed E-state index contributed by atoms with van der Waals surface area (Å²) in [5.41, 5.74) is 7.06. The molecule has 1 aliphatic carbocycles. The number of nitrogens with two attached hydrogens (primary N) is 1. The second-order valence-corrected chi connectivity index (χ2v) is 5.26. The predicted molar refractivity (Wildman–Crippen MR) is 77.7 cm³/mol. The van der Waals surface area contributed by atoms with Crippen molar-refractivity contribution < 1.29 is 10.0 Å². The first kappa shape index (κ1) is 14.4. The van der Waals surface area contributed by atoms with Crippen LogP contribution >= 0.6 is 0 Å². The highest BCUT2D eigenvalue weighted by molar-refractivity contribution is 5.97. The van der Waals surface area contributed by atoms with Gasteiger partial charge >= 0.3 is 0 Å². The van der Waals surface area contributed by atoms with E-state index in [0.717, 1.165) is 18.4 Å². The number of hydrogen-bond acceptors (Lipinski definition) is 3. The van der Waals surface area contributed by atoms with Gasteiger partial charge in [-0.25, -0.2) is 0 Å². The fourth-order valence-corrected chi connectivity index (χ4v) is 2.56. The van der Waals surface area contributed by atoms with Crippen molar-refractivity contribution in [3.8, 4) is 0 Å². The van der Waals surface area contributed by atoms with E-state index in [0.29, 0.717) is 18.0 Å². The Kier molecular flexibility index (Phi) is 4.98. The molecule has 0 atom stereocenters. The van der Waals surface area contributed by atoms with Crippen LogP contribution in [0.25, 0.3) is 0 Å². The Labute approximate surface area is 118 Å². The van der Waals surface area contributed by atoms with Gasteiger partial charge in [0.05, 0.1) is 6.42 Å². The monoisotopic (exact) mass is 275 g/mol. The molecule has 0 radical (unpaired) electrons. The molecule has 20 heavy (non-hydrogen) atoms. The zero-order valence-electron chi connectivity index (χ0n) is 11.5. The normalized spacial score (nSPS) is 16.9. The summed E-state index contributed by atoms with van der Waals surface area (Å²) in [5, 5.41) is 14.6. The fourth-order valence-electron chi connectivity index (χ4n) is 2.56. The summed E-state index contributed by atoms with van der Waals surface area (Å²) in [4.78, 5) is 12.0. The van der Waals surface area contributed by atoms with Gasteiger partial charge in [-0.2, -0.15) is 0 Å². The quantitative estimate of drug-likeness (QED) is 0.339. The minimum Gasteiger partial charge on any atom is -0.409 e. The van der Waals surface area contributed by atoms with Crippen molar-refractivity contribution in [2.75, 3.05) is 0 Å². The first-order valence-electron chi connectivity index (χ1n) is 7.05. The molecule has 0 bridgehead atoms. The van der Waals surface area contributed by atoms with Crippen LogP contribution < -0.4 is 11.1 Å². The third-order valence-electron chi connectivity index (χ3n) is 3.69. The molecule has 1 aliphatic rings. The van der Waals surface area contributed by atoms with Gasteiger partial charge in [-0.1, -0.05) is 48.7 Å². The van der Waals surface area contributed by atoms with Crippen LogP contribution in [0.15, 0.2) is 29.4 Å². The Balaban J connectivity index is 1.87. The molecule has 0 saturated heterocycles. The van der Waals surface area contributed by atoms with Crippen molar-refractivity contribution in [2.45, 2.75) is 44.6 Å². The number of amides is 1. The van der Waals surface area contributed by atoms with Crippen LogP contribution in [0.4, 0.5) is 0 Å². The summed E-state index contributed by atoms with van der Waals surface area (Å²) < 4.78 is 0. The van der Waals surface area contributed by atoms with Gasteiger partial charge in [0.1, 0.15) is 0 Å². The number of benzene rings is 1. The minimum absolute atomic E-state index is 0.0634. The van der Waals surface area contributed by atoms with Gasteiger partial charge in [0.25, 0.3) is 0 Å². The summed E-state index contributed by atoms with van der Waals surface area (Å²) in [5.74, 6) is 0.136. The van der Waals surface area contributed by atoms with Gasteiger partial charge < -0.3 is 16.3 Å². The Morgan fingerprint density at radius 1 is 1.25 bits per heavy atom. The second kappa shape index (κ2) is 6.93. The van der Waals surface area contributed by atoms with Gasteiger partial charge in [-0.05, 0) is 18.4 Å². The van der Waals surface area contributed by atoms with Crippen LogP contribution in [-0.2, 0) is 11.2 Å². The van der Waals surface area contributed by atoms with Crippen molar-refractivity contribution in [1.29, 1.82) is 0 Å². The predicted octanol–water partition coefficient (Wildman–Crippen LogP) is 1.77. The maximum atomic E-state index is 12.0. The standard InChI is InChI=1S/C15H21N3O2/c16-15(18-20)12-8-6-11(7-9-12)10-14(19)17-13-4-2-1-3-5-13/h6-9,13,20H,1-5,10H2,(H2,16,18)(H,17,19). The summed E-state index contributed by atoms with van der Waals surface area (Å²) in [6.45, 7) is 0. The first-order valence-corrected chi connectivity index (χ1v) is 7.05. The molecule has 0 aromatic heterocycles. The molecule has 2 rings (SSSR count). The van der Waals surface area contributed by atoms with Gasteiger partial charge in [0.2, 0.25) is 5.91 Å². The van der Waals surface area contributed by atoms with E-state index in [1.165, 1.54) is 19.3 Å². The molecular formula is C15H21N3O2. The zero-order chi connectivity index (χ0) is 14.4. The number of amidine groups is 1. The van der Waals surface area contributed by atoms with Gasteiger partial charge in [-0.15, -0.1) is 0 Å². The van der Waals surface area contributed by atoms with Crippen LogP contribution in [0.2, 0.25) is 0 Å². The van der Waals surface area contributed by atoms with Crippen LogP contribution in [-0.4, -0.2) is 23.0 Å². The van der Waals surface area contributed by atoms with E-state index in [9.17, 15) is 4.79 Å². The Morgan fingerprint density at radius 2 is 1.90 bits per heavy atom. The molecule has 1 amide bonds. The van der Waals surface area contributed by atoms with Crippen molar-refractivity contribution in [2.24, 2.45) is 10.9 Å². The smallest absolute Gasteiger partial charge is 0.224 e. The van der Waals surface area contributed by atoms with Crippen LogP contribution in [0.3, 0.4) is 0 Å². The number of nitrogens with zero attached hydrogens (tertiary/aromatic N) is 1. The molecular weight excluding hydrogens is 254 g/mol. The summed E-state index contributed by atoms with van der Waals surface area (Å²) in [7, 11) is 0. The van der Waals surface area contributed by atoms with E-state index >= 15 is 0 Å². The molecule has 4 N–H and O–H groups in total. The van der Waals surface area contributed by atoms with Crippen LogP contribution in [0, 0.1) is 0 Å². The van der Waals surface area contributed by atoms with E-state index in [1.807, 2.05) is 12.1 Å². The molecule has 1 fully saturated rings. The Morgan fingerprint density at radius 3 is 2.50 bits per heavy atom. The van der Waals surface area contributed by atoms with Gasteiger partial charge in [-0.3, -0.25) is 4.79 Å². The minimum atomic E-state index is 0.0634. The summed E-state index contributed by atoms with van der Waals surface area (Å²) in [6.07, 6.45) is 6.25. The summed E-state index contributed by atoms with van der Waals surface area (Å²) >= 11 is 0. The molecule has 1 aromatic carbocycles. The maximum absolute atomic E-state index is 12.0. The molecule has 1 saturated carbocycles. The second-order valence-electron chi connectivity index (χ2n) is 5.26. The highest BCUT2D eigenvalue weighted by Crippen LogP contribution is 2.17. The fraction of sp³-hybridized carbons (Fsp3) is 0.467. The lowest BCUT2D eigenvalue weighted by atomic mass is 9.95. The SMILES string of the molecule is NC(=NO)c1ccc(CC(=O)NC2CCCCC2)cc1. The molecule has 5 nitrogen and oxygen atoms in total. The van der Waals surface area contributed by atoms with Gasteiger partial charge in [0, 0.05) is 11.6 Å². The Hall–Kier alpha value is -2.04. The number of carbonyl (C=O) groups excluding carboxylic acids is 1. The average molecular weight is 275 g/mol. The summed E-state index contributed by atoms with van der Waals surface area (Å²) in [6, 6.07) is 7.49. The number of carbonyl (C=O) groups is 1. The van der Waals surface area contributed by atoms with Crippen molar-refractivity contribution in [1.82, 2.24) is 5.32 Å². The van der Waals surface area contributed by atoms with E-state index in [1.54, 1.807) is 12.1 Å². The third kappa shape index (κ3) is 3.98. The van der Waals surface area contributed by atoms with Crippen molar-refractivity contribution in [3.05, 3.63) is 35.4 Å². The molecule has 0 spiro atoms. The molecule has 5 heteroatoms. The molecule has 0 heterocycles. The van der Waals surface area contributed by atoms with Gasteiger partial charge in [0.15, 0.2) is 5.84 Å².